The van der Waals surface area contributed by atoms with Gasteiger partial charge >= 0.3 is 5.97 Å². The Labute approximate surface area is 133 Å². The number of rotatable bonds is 6. The number of nitrogens with one attached hydrogen (secondary N) is 2. The number of hydrazone groups is 1. The van der Waals surface area contributed by atoms with E-state index in [1.165, 1.54) is 13.2 Å². The first kappa shape index (κ1) is 17.8. The number of methoxy groups -OCH3 is 1. The van der Waals surface area contributed by atoms with Crippen LogP contribution >= 0.6 is 0 Å². The third kappa shape index (κ3) is 5.97. The number of nitriles is 1. The van der Waals surface area contributed by atoms with E-state index in [1.54, 1.807) is 31.2 Å². The van der Waals surface area contributed by atoms with E-state index in [1.807, 2.05) is 0 Å². The van der Waals surface area contributed by atoms with E-state index in [2.05, 4.69) is 20.6 Å². The molecule has 23 heavy (non-hydrogen) atoms. The van der Waals surface area contributed by atoms with Gasteiger partial charge in [-0.15, -0.1) is 0 Å². The predicted octanol–water partition coefficient (Wildman–Crippen LogP) is 1.21. The van der Waals surface area contributed by atoms with Gasteiger partial charge < -0.3 is 10.1 Å². The Kier molecular flexibility index (Phi) is 6.94. The van der Waals surface area contributed by atoms with Gasteiger partial charge in [-0.05, 0) is 19.1 Å². The average Bonchev–Trinajstić information content (AvgIpc) is 2.53. The molecule has 1 aromatic rings. The van der Waals surface area contributed by atoms with Crippen LogP contribution in [0.15, 0.2) is 29.4 Å². The summed E-state index contributed by atoms with van der Waals surface area (Å²) in [5, 5.41) is 14.6. The van der Waals surface area contributed by atoms with Crippen molar-refractivity contribution in [3.63, 3.8) is 0 Å². The highest BCUT2D eigenvalue weighted by Crippen LogP contribution is 2.16. The minimum Gasteiger partial charge on any atom is -0.465 e. The molecule has 0 saturated carbocycles. The summed E-state index contributed by atoms with van der Waals surface area (Å²) in [7, 11) is 1.25. The molecule has 0 atom stereocenters. The molecule has 2 amide bonds. The van der Waals surface area contributed by atoms with Crippen LogP contribution in [0.4, 0.5) is 5.69 Å². The molecule has 0 bridgehead atoms. The number of ether oxygens (including phenoxy) is 1. The summed E-state index contributed by atoms with van der Waals surface area (Å²) in [5.74, 6) is -1.52. The van der Waals surface area contributed by atoms with Crippen LogP contribution in [-0.4, -0.2) is 30.6 Å². The number of para-hydroxylation sites is 1. The van der Waals surface area contributed by atoms with E-state index in [-0.39, 0.29) is 18.4 Å². The van der Waals surface area contributed by atoms with Gasteiger partial charge in [-0.25, -0.2) is 10.2 Å². The number of nitrogens with zero attached hydrogens (tertiary/aromatic N) is 2. The van der Waals surface area contributed by atoms with Crippen LogP contribution in [0.1, 0.15) is 30.1 Å². The fourth-order valence-electron chi connectivity index (χ4n) is 1.62. The van der Waals surface area contributed by atoms with E-state index >= 15 is 0 Å². The zero-order chi connectivity index (χ0) is 17.2. The van der Waals surface area contributed by atoms with Gasteiger partial charge in [0.2, 0.25) is 5.91 Å². The van der Waals surface area contributed by atoms with Gasteiger partial charge in [0.15, 0.2) is 0 Å². The summed E-state index contributed by atoms with van der Waals surface area (Å²) < 4.78 is 4.64. The smallest absolute Gasteiger partial charge is 0.339 e. The maximum absolute atomic E-state index is 11.9. The van der Waals surface area contributed by atoms with Crippen molar-refractivity contribution >= 4 is 29.2 Å². The van der Waals surface area contributed by atoms with Crippen LogP contribution in [0, 0.1) is 11.3 Å². The highest BCUT2D eigenvalue weighted by Gasteiger charge is 2.13. The SMILES string of the molecule is COC(=O)c1ccccc1NC(=O)C/C(C)=N\NC(=O)CC#N. The minimum atomic E-state index is -0.560. The van der Waals surface area contributed by atoms with Crippen molar-refractivity contribution in [3.05, 3.63) is 29.8 Å². The zero-order valence-corrected chi connectivity index (χ0v) is 12.8. The second-order valence-electron chi connectivity index (χ2n) is 4.48. The molecule has 0 aliphatic rings. The van der Waals surface area contributed by atoms with Crippen molar-refractivity contribution in [2.24, 2.45) is 5.10 Å². The monoisotopic (exact) mass is 316 g/mol. The Morgan fingerprint density at radius 3 is 2.61 bits per heavy atom. The Morgan fingerprint density at radius 2 is 1.96 bits per heavy atom. The molecule has 120 valence electrons. The van der Waals surface area contributed by atoms with Crippen molar-refractivity contribution in [2.45, 2.75) is 19.8 Å². The molecule has 0 heterocycles. The molecule has 0 saturated heterocycles. The van der Waals surface area contributed by atoms with Crippen molar-refractivity contribution in [2.75, 3.05) is 12.4 Å². The Hall–Kier alpha value is -3.21. The number of anilines is 1. The van der Waals surface area contributed by atoms with E-state index in [4.69, 9.17) is 5.26 Å². The van der Waals surface area contributed by atoms with E-state index < -0.39 is 17.8 Å². The molecular weight excluding hydrogens is 300 g/mol. The van der Waals surface area contributed by atoms with Crippen molar-refractivity contribution in [1.29, 1.82) is 5.26 Å². The molecule has 0 aliphatic carbocycles. The van der Waals surface area contributed by atoms with Gasteiger partial charge in [0.25, 0.3) is 5.91 Å². The lowest BCUT2D eigenvalue weighted by molar-refractivity contribution is -0.120. The molecule has 0 fully saturated rings. The molecule has 0 spiro atoms. The normalized spacial score (nSPS) is 10.4. The third-order valence-corrected chi connectivity index (χ3v) is 2.63. The first-order valence-corrected chi connectivity index (χ1v) is 6.64. The lowest BCUT2D eigenvalue weighted by Gasteiger charge is -2.09. The summed E-state index contributed by atoms with van der Waals surface area (Å²) in [4.78, 5) is 34.6. The molecule has 8 heteroatoms. The maximum atomic E-state index is 11.9. The van der Waals surface area contributed by atoms with Crippen molar-refractivity contribution < 1.29 is 19.1 Å². The Morgan fingerprint density at radius 1 is 1.26 bits per heavy atom. The van der Waals surface area contributed by atoms with Crippen LogP contribution in [0.2, 0.25) is 0 Å². The number of amides is 2. The molecule has 8 nitrogen and oxygen atoms in total. The highest BCUT2D eigenvalue weighted by molar-refractivity contribution is 6.08. The number of benzene rings is 1. The molecule has 2 N–H and O–H groups in total. The average molecular weight is 316 g/mol. The van der Waals surface area contributed by atoms with E-state index in [0.29, 0.717) is 11.4 Å². The quantitative estimate of drug-likeness (QED) is 0.464. The van der Waals surface area contributed by atoms with Crippen molar-refractivity contribution in [3.8, 4) is 6.07 Å². The van der Waals surface area contributed by atoms with Crippen LogP contribution in [-0.2, 0) is 14.3 Å². The standard InChI is InChI=1S/C15H16N4O4/c1-10(18-19-13(20)7-8-16)9-14(21)17-12-6-4-3-5-11(12)15(22)23-2/h3-6H,7,9H2,1-2H3,(H,17,21)(H,19,20)/b18-10-. The molecule has 0 aliphatic heterocycles. The first-order valence-electron chi connectivity index (χ1n) is 6.64. The van der Waals surface area contributed by atoms with Crippen molar-refractivity contribution in [1.82, 2.24) is 5.43 Å². The van der Waals surface area contributed by atoms with Crippen LogP contribution < -0.4 is 10.7 Å². The van der Waals surface area contributed by atoms with Gasteiger partial charge in [0, 0.05) is 5.71 Å². The fourth-order valence-corrected chi connectivity index (χ4v) is 1.62. The van der Waals surface area contributed by atoms with E-state index in [0.717, 1.165) is 0 Å². The second kappa shape index (κ2) is 8.94. The largest absolute Gasteiger partial charge is 0.465 e. The minimum absolute atomic E-state index is 0.0810. The third-order valence-electron chi connectivity index (χ3n) is 2.63. The number of carbonyl (C=O) groups is 3. The summed E-state index contributed by atoms with van der Waals surface area (Å²) in [5.41, 5.74) is 3.08. The number of hydrogen-bond donors (Lipinski definition) is 2. The topological polar surface area (TPSA) is 121 Å². The fraction of sp³-hybridized carbons (Fsp3) is 0.267. The first-order chi connectivity index (χ1) is 11.0. The molecule has 0 radical (unpaired) electrons. The summed E-state index contributed by atoms with van der Waals surface area (Å²) in [6.45, 7) is 1.55. The molecule has 1 aromatic carbocycles. The second-order valence-corrected chi connectivity index (χ2v) is 4.48. The summed E-state index contributed by atoms with van der Waals surface area (Å²) in [6.07, 6.45) is -0.391. The Balaban J connectivity index is 2.67. The molecule has 0 unspecified atom stereocenters. The number of carbonyl (C=O) groups excluding carboxylic acids is 3. The predicted molar refractivity (Wildman–Crippen MR) is 82.5 cm³/mol. The van der Waals surface area contributed by atoms with Gasteiger partial charge in [-0.3, -0.25) is 9.59 Å². The van der Waals surface area contributed by atoms with Gasteiger partial charge in [-0.2, -0.15) is 10.4 Å². The van der Waals surface area contributed by atoms with E-state index in [9.17, 15) is 14.4 Å². The van der Waals surface area contributed by atoms with Crippen LogP contribution in [0.3, 0.4) is 0 Å². The van der Waals surface area contributed by atoms with Gasteiger partial charge in [0.1, 0.15) is 6.42 Å². The van der Waals surface area contributed by atoms with Gasteiger partial charge in [-0.1, -0.05) is 12.1 Å². The van der Waals surface area contributed by atoms with Crippen LogP contribution in [0.25, 0.3) is 0 Å². The lowest BCUT2D eigenvalue weighted by atomic mass is 10.1. The van der Waals surface area contributed by atoms with Crippen LogP contribution in [0.5, 0.6) is 0 Å². The zero-order valence-electron chi connectivity index (χ0n) is 12.8. The molecule has 0 aromatic heterocycles. The Bertz CT molecular complexity index is 676. The maximum Gasteiger partial charge on any atom is 0.339 e. The number of hydrogen-bond acceptors (Lipinski definition) is 6. The summed E-state index contributed by atoms with van der Waals surface area (Å²) in [6, 6.07) is 8.11. The molecular formula is C15H16N4O4. The number of esters is 1. The lowest BCUT2D eigenvalue weighted by Crippen LogP contribution is -2.21. The highest BCUT2D eigenvalue weighted by atomic mass is 16.5. The molecule has 1 rings (SSSR count). The summed E-state index contributed by atoms with van der Waals surface area (Å²) >= 11 is 0. The van der Waals surface area contributed by atoms with Gasteiger partial charge in [0.05, 0.1) is 30.9 Å².